The molecule has 0 spiro atoms. The molecule has 4 nitrogen and oxygen atoms in total. The fraction of sp³-hybridized carbons (Fsp3) is 0.611. The van der Waals surface area contributed by atoms with E-state index in [9.17, 15) is 4.79 Å². The summed E-state index contributed by atoms with van der Waals surface area (Å²) in [5.41, 5.74) is 2.01. The number of anilines is 1. The predicted molar refractivity (Wildman–Crippen MR) is 90.5 cm³/mol. The van der Waals surface area contributed by atoms with Crippen LogP contribution in [0.25, 0.3) is 0 Å². The van der Waals surface area contributed by atoms with Gasteiger partial charge in [-0.15, -0.1) is 0 Å². The molecule has 2 fully saturated rings. The topological polar surface area (TPSA) is 35.6 Å². The van der Waals surface area contributed by atoms with Crippen molar-refractivity contribution in [2.75, 3.05) is 38.1 Å². The maximum atomic E-state index is 12.3. The number of hydrogen-bond donors (Lipinski definition) is 1. The van der Waals surface area contributed by atoms with E-state index in [0.717, 1.165) is 44.6 Å². The lowest BCUT2D eigenvalue weighted by atomic mass is 9.95. The zero-order valence-corrected chi connectivity index (χ0v) is 13.6. The number of carbonyl (C=O) groups excluding carboxylic acids is 1. The third-order valence-corrected chi connectivity index (χ3v) is 4.94. The van der Waals surface area contributed by atoms with Crippen molar-refractivity contribution >= 4 is 11.6 Å². The summed E-state index contributed by atoms with van der Waals surface area (Å²) in [4.78, 5) is 17.1. The minimum Gasteiger partial charge on any atom is -0.369 e. The van der Waals surface area contributed by atoms with E-state index in [1.54, 1.807) is 0 Å². The van der Waals surface area contributed by atoms with Crippen LogP contribution in [0.2, 0.25) is 0 Å². The fourth-order valence-corrected chi connectivity index (χ4v) is 3.40. The van der Waals surface area contributed by atoms with Gasteiger partial charge in [0.15, 0.2) is 0 Å². The summed E-state index contributed by atoms with van der Waals surface area (Å²) in [7, 11) is 2.16. The highest BCUT2D eigenvalue weighted by Crippen LogP contribution is 2.19. The van der Waals surface area contributed by atoms with E-state index in [1.807, 2.05) is 12.1 Å². The van der Waals surface area contributed by atoms with Crippen LogP contribution in [0.15, 0.2) is 24.3 Å². The molecular weight excluding hydrogens is 274 g/mol. The Bertz CT molecular complexity index is 486. The minimum absolute atomic E-state index is 0.0804. The highest BCUT2D eigenvalue weighted by molar-refractivity contribution is 5.94. The van der Waals surface area contributed by atoms with Crippen LogP contribution < -0.4 is 10.2 Å². The van der Waals surface area contributed by atoms with Crippen molar-refractivity contribution in [3.05, 3.63) is 29.8 Å². The van der Waals surface area contributed by atoms with Crippen molar-refractivity contribution in [1.29, 1.82) is 0 Å². The van der Waals surface area contributed by atoms with Crippen molar-refractivity contribution < 1.29 is 4.79 Å². The Kier molecular flexibility index (Phi) is 4.98. The smallest absolute Gasteiger partial charge is 0.251 e. The third kappa shape index (κ3) is 3.80. The second-order valence-electron chi connectivity index (χ2n) is 6.65. The molecule has 1 saturated heterocycles. The molecule has 2 aliphatic rings. The highest BCUT2D eigenvalue weighted by atomic mass is 16.1. The molecule has 4 heteroatoms. The first-order chi connectivity index (χ1) is 10.7. The summed E-state index contributed by atoms with van der Waals surface area (Å²) in [6.45, 7) is 4.32. The molecule has 22 heavy (non-hydrogen) atoms. The Labute approximate surface area is 133 Å². The molecule has 120 valence electrons. The third-order valence-electron chi connectivity index (χ3n) is 4.94. The number of likely N-dealkylation sites (N-methyl/N-ethyl adjacent to an activating group) is 1. The van der Waals surface area contributed by atoms with Crippen LogP contribution >= 0.6 is 0 Å². The molecule has 1 heterocycles. The van der Waals surface area contributed by atoms with E-state index in [4.69, 9.17) is 0 Å². The van der Waals surface area contributed by atoms with Gasteiger partial charge < -0.3 is 15.1 Å². The molecule has 1 saturated carbocycles. The van der Waals surface area contributed by atoms with Gasteiger partial charge in [-0.1, -0.05) is 19.3 Å². The number of carbonyl (C=O) groups is 1. The summed E-state index contributed by atoms with van der Waals surface area (Å²) in [6.07, 6.45) is 6.06. The lowest BCUT2D eigenvalue weighted by Crippen LogP contribution is -2.44. The molecule has 0 bridgehead atoms. The number of nitrogens with one attached hydrogen (secondary N) is 1. The van der Waals surface area contributed by atoms with E-state index in [-0.39, 0.29) is 5.91 Å². The number of hydrogen-bond acceptors (Lipinski definition) is 3. The maximum absolute atomic E-state index is 12.3. The molecule has 0 atom stereocenters. The molecule has 1 aliphatic carbocycles. The number of nitrogens with zero attached hydrogens (tertiary/aromatic N) is 2. The first-order valence-electron chi connectivity index (χ1n) is 8.57. The van der Waals surface area contributed by atoms with Gasteiger partial charge in [0.05, 0.1) is 0 Å². The monoisotopic (exact) mass is 301 g/mol. The van der Waals surface area contributed by atoms with E-state index < -0.39 is 0 Å². The van der Waals surface area contributed by atoms with E-state index in [2.05, 4.69) is 34.3 Å². The van der Waals surface area contributed by atoms with Gasteiger partial charge in [-0.3, -0.25) is 4.79 Å². The van der Waals surface area contributed by atoms with Crippen LogP contribution in [-0.4, -0.2) is 50.1 Å². The zero-order valence-electron chi connectivity index (χ0n) is 13.6. The zero-order chi connectivity index (χ0) is 15.4. The van der Waals surface area contributed by atoms with Crippen LogP contribution in [0.4, 0.5) is 5.69 Å². The number of rotatable bonds is 3. The summed E-state index contributed by atoms with van der Waals surface area (Å²) >= 11 is 0. The summed E-state index contributed by atoms with van der Waals surface area (Å²) in [6, 6.07) is 8.47. The van der Waals surface area contributed by atoms with Gasteiger partial charge >= 0.3 is 0 Å². The molecule has 1 aliphatic heterocycles. The van der Waals surface area contributed by atoms with Gasteiger partial charge in [0, 0.05) is 43.5 Å². The molecule has 1 N–H and O–H groups in total. The molecule has 1 amide bonds. The Balaban J connectivity index is 1.57. The van der Waals surface area contributed by atoms with Gasteiger partial charge in [0.25, 0.3) is 5.91 Å². The van der Waals surface area contributed by atoms with Crippen molar-refractivity contribution in [2.45, 2.75) is 38.1 Å². The average molecular weight is 301 g/mol. The summed E-state index contributed by atoms with van der Waals surface area (Å²) in [5, 5.41) is 3.18. The van der Waals surface area contributed by atoms with E-state index >= 15 is 0 Å². The van der Waals surface area contributed by atoms with Crippen LogP contribution in [0.5, 0.6) is 0 Å². The van der Waals surface area contributed by atoms with Crippen molar-refractivity contribution in [2.24, 2.45) is 0 Å². The second kappa shape index (κ2) is 7.14. The fourth-order valence-electron chi connectivity index (χ4n) is 3.40. The van der Waals surface area contributed by atoms with Gasteiger partial charge in [-0.05, 0) is 44.2 Å². The quantitative estimate of drug-likeness (QED) is 0.932. The van der Waals surface area contributed by atoms with Crippen LogP contribution in [-0.2, 0) is 0 Å². The first kappa shape index (κ1) is 15.3. The van der Waals surface area contributed by atoms with E-state index in [1.165, 1.54) is 24.9 Å². The average Bonchev–Trinajstić information content (AvgIpc) is 2.57. The van der Waals surface area contributed by atoms with Gasteiger partial charge in [0.1, 0.15) is 0 Å². The Morgan fingerprint density at radius 2 is 1.64 bits per heavy atom. The van der Waals surface area contributed by atoms with Crippen molar-refractivity contribution in [3.63, 3.8) is 0 Å². The van der Waals surface area contributed by atoms with Crippen LogP contribution in [0.3, 0.4) is 0 Å². The Morgan fingerprint density at radius 1 is 1.00 bits per heavy atom. The maximum Gasteiger partial charge on any atom is 0.251 e. The van der Waals surface area contributed by atoms with Crippen LogP contribution in [0.1, 0.15) is 42.5 Å². The molecule has 1 aromatic rings. The summed E-state index contributed by atoms with van der Waals surface area (Å²) < 4.78 is 0. The first-order valence-corrected chi connectivity index (χ1v) is 8.57. The summed E-state index contributed by atoms with van der Waals surface area (Å²) in [5.74, 6) is 0.0804. The lowest BCUT2D eigenvalue weighted by Gasteiger charge is -2.34. The van der Waals surface area contributed by atoms with Gasteiger partial charge in [-0.25, -0.2) is 0 Å². The normalized spacial score (nSPS) is 20.9. The SMILES string of the molecule is CN1CCN(c2ccc(C(=O)NC3CCCCC3)cc2)CC1. The molecule has 0 unspecified atom stereocenters. The van der Waals surface area contributed by atoms with Gasteiger partial charge in [-0.2, -0.15) is 0 Å². The molecule has 3 rings (SSSR count). The largest absolute Gasteiger partial charge is 0.369 e. The van der Waals surface area contributed by atoms with Crippen LogP contribution in [0, 0.1) is 0 Å². The Hall–Kier alpha value is -1.55. The standard InChI is InChI=1S/C18H27N3O/c1-20-11-13-21(14-12-20)17-9-7-15(8-10-17)18(22)19-16-5-3-2-4-6-16/h7-10,16H,2-6,11-14H2,1H3,(H,19,22). The van der Waals surface area contributed by atoms with Crippen molar-refractivity contribution in [3.8, 4) is 0 Å². The molecule has 0 radical (unpaired) electrons. The second-order valence-corrected chi connectivity index (χ2v) is 6.65. The predicted octanol–water partition coefficient (Wildman–Crippen LogP) is 2.50. The minimum atomic E-state index is 0.0804. The molecule has 0 aromatic heterocycles. The molecular formula is C18H27N3O. The van der Waals surface area contributed by atoms with E-state index in [0.29, 0.717) is 6.04 Å². The number of amides is 1. The van der Waals surface area contributed by atoms with Crippen molar-refractivity contribution in [1.82, 2.24) is 10.2 Å². The highest BCUT2D eigenvalue weighted by Gasteiger charge is 2.17. The Morgan fingerprint density at radius 3 is 2.27 bits per heavy atom. The lowest BCUT2D eigenvalue weighted by molar-refractivity contribution is 0.0928. The number of piperazine rings is 1. The van der Waals surface area contributed by atoms with Gasteiger partial charge in [0.2, 0.25) is 0 Å². The number of benzene rings is 1. The molecule has 1 aromatic carbocycles.